The second kappa shape index (κ2) is 3.34. The number of rotatable bonds is 1. The first-order chi connectivity index (χ1) is 7.19. The van der Waals surface area contributed by atoms with Gasteiger partial charge >= 0.3 is 0 Å². The summed E-state index contributed by atoms with van der Waals surface area (Å²) in [5, 5.41) is 12.6. The third-order valence-electron chi connectivity index (χ3n) is 1.67. The van der Waals surface area contributed by atoms with E-state index in [1.54, 1.807) is 13.0 Å². The SMILES string of the molecule is Cc1cc(C#N)nc(-n2cnc(N)n2)n1. The highest BCUT2D eigenvalue weighted by molar-refractivity contribution is 5.27. The second-order valence-electron chi connectivity index (χ2n) is 2.85. The van der Waals surface area contributed by atoms with Crippen LogP contribution in [0.4, 0.5) is 5.95 Å². The zero-order valence-corrected chi connectivity index (χ0v) is 7.92. The molecule has 7 nitrogen and oxygen atoms in total. The van der Waals surface area contributed by atoms with Crippen molar-refractivity contribution in [1.82, 2.24) is 24.7 Å². The van der Waals surface area contributed by atoms with E-state index in [1.165, 1.54) is 11.0 Å². The Kier molecular flexibility index (Phi) is 2.02. The zero-order valence-electron chi connectivity index (χ0n) is 7.92. The van der Waals surface area contributed by atoms with Gasteiger partial charge in [-0.3, -0.25) is 0 Å². The van der Waals surface area contributed by atoms with Crippen LogP contribution in [-0.2, 0) is 0 Å². The molecule has 0 atom stereocenters. The van der Waals surface area contributed by atoms with Gasteiger partial charge < -0.3 is 5.73 Å². The summed E-state index contributed by atoms with van der Waals surface area (Å²) < 4.78 is 1.32. The fraction of sp³-hybridized carbons (Fsp3) is 0.125. The summed E-state index contributed by atoms with van der Waals surface area (Å²) in [6, 6.07) is 3.53. The molecule has 0 aromatic carbocycles. The van der Waals surface area contributed by atoms with E-state index in [9.17, 15) is 0 Å². The zero-order chi connectivity index (χ0) is 10.8. The number of aromatic nitrogens is 5. The largest absolute Gasteiger partial charge is 0.366 e. The van der Waals surface area contributed by atoms with Crippen LogP contribution in [0.25, 0.3) is 5.95 Å². The predicted molar refractivity (Wildman–Crippen MR) is 50.8 cm³/mol. The van der Waals surface area contributed by atoms with Crippen molar-refractivity contribution in [2.45, 2.75) is 6.92 Å². The van der Waals surface area contributed by atoms with Crippen LogP contribution >= 0.6 is 0 Å². The monoisotopic (exact) mass is 201 g/mol. The number of anilines is 1. The molecule has 0 fully saturated rings. The van der Waals surface area contributed by atoms with E-state index in [4.69, 9.17) is 11.0 Å². The summed E-state index contributed by atoms with van der Waals surface area (Å²) in [6.07, 6.45) is 1.39. The lowest BCUT2D eigenvalue weighted by Crippen LogP contribution is -2.05. The molecule has 0 amide bonds. The molecule has 0 saturated heterocycles. The van der Waals surface area contributed by atoms with Crippen LogP contribution in [0.3, 0.4) is 0 Å². The van der Waals surface area contributed by atoms with E-state index in [0.29, 0.717) is 5.69 Å². The molecule has 0 bridgehead atoms. The molecular weight excluding hydrogens is 194 g/mol. The third-order valence-corrected chi connectivity index (χ3v) is 1.67. The quantitative estimate of drug-likeness (QED) is 0.685. The molecule has 74 valence electrons. The maximum absolute atomic E-state index is 8.73. The molecule has 0 aliphatic heterocycles. The normalized spacial score (nSPS) is 9.87. The number of nitrogens with zero attached hydrogens (tertiary/aromatic N) is 6. The number of hydrogen-bond acceptors (Lipinski definition) is 6. The van der Waals surface area contributed by atoms with E-state index in [-0.39, 0.29) is 17.6 Å². The molecule has 15 heavy (non-hydrogen) atoms. The van der Waals surface area contributed by atoms with Gasteiger partial charge in [0, 0.05) is 5.69 Å². The Morgan fingerprint density at radius 2 is 2.27 bits per heavy atom. The molecule has 2 aromatic rings. The highest BCUT2D eigenvalue weighted by Gasteiger charge is 2.05. The van der Waals surface area contributed by atoms with Gasteiger partial charge in [0.2, 0.25) is 5.95 Å². The summed E-state index contributed by atoms with van der Waals surface area (Å²) in [4.78, 5) is 11.8. The van der Waals surface area contributed by atoms with Crippen molar-refractivity contribution in [2.75, 3.05) is 5.73 Å². The van der Waals surface area contributed by atoms with E-state index >= 15 is 0 Å². The number of nitriles is 1. The van der Waals surface area contributed by atoms with Crippen molar-refractivity contribution in [2.24, 2.45) is 0 Å². The van der Waals surface area contributed by atoms with Crippen molar-refractivity contribution in [1.29, 1.82) is 5.26 Å². The lowest BCUT2D eigenvalue weighted by atomic mass is 10.3. The summed E-state index contributed by atoms with van der Waals surface area (Å²) in [6.45, 7) is 1.77. The first-order valence-electron chi connectivity index (χ1n) is 4.12. The Hall–Kier alpha value is -2.49. The molecule has 0 saturated carbocycles. The van der Waals surface area contributed by atoms with Gasteiger partial charge in [-0.2, -0.15) is 9.94 Å². The van der Waals surface area contributed by atoms with Gasteiger partial charge in [-0.05, 0) is 13.0 Å². The van der Waals surface area contributed by atoms with Gasteiger partial charge in [0.1, 0.15) is 18.1 Å². The number of nitrogens with two attached hydrogens (primary N) is 1. The van der Waals surface area contributed by atoms with Crippen molar-refractivity contribution in [3.63, 3.8) is 0 Å². The van der Waals surface area contributed by atoms with Crippen molar-refractivity contribution >= 4 is 5.95 Å². The fourth-order valence-electron chi connectivity index (χ4n) is 1.08. The van der Waals surface area contributed by atoms with Gasteiger partial charge in [-0.25, -0.2) is 15.0 Å². The Balaban J connectivity index is 2.54. The van der Waals surface area contributed by atoms with E-state index in [2.05, 4.69) is 20.1 Å². The predicted octanol–water partition coefficient (Wildman–Crippen LogP) is -0.180. The number of nitrogen functional groups attached to an aromatic ring is 1. The average molecular weight is 201 g/mol. The minimum atomic E-state index is 0.138. The smallest absolute Gasteiger partial charge is 0.253 e. The van der Waals surface area contributed by atoms with Gasteiger partial charge in [-0.1, -0.05) is 0 Å². The van der Waals surface area contributed by atoms with Crippen molar-refractivity contribution in [3.8, 4) is 12.0 Å². The molecule has 0 unspecified atom stereocenters. The van der Waals surface area contributed by atoms with Crippen LogP contribution in [0.5, 0.6) is 0 Å². The average Bonchev–Trinajstić information content (AvgIpc) is 2.64. The minimum absolute atomic E-state index is 0.138. The van der Waals surface area contributed by atoms with Crippen LogP contribution in [-0.4, -0.2) is 24.7 Å². The van der Waals surface area contributed by atoms with Crippen LogP contribution in [0.15, 0.2) is 12.4 Å². The fourth-order valence-corrected chi connectivity index (χ4v) is 1.08. The van der Waals surface area contributed by atoms with Crippen molar-refractivity contribution in [3.05, 3.63) is 23.8 Å². The third kappa shape index (κ3) is 1.73. The number of hydrogen-bond donors (Lipinski definition) is 1. The highest BCUT2D eigenvalue weighted by atomic mass is 15.4. The molecule has 0 radical (unpaired) electrons. The van der Waals surface area contributed by atoms with Crippen LogP contribution in [0.1, 0.15) is 11.4 Å². The van der Waals surface area contributed by atoms with Gasteiger partial charge in [0.25, 0.3) is 5.95 Å². The molecule has 0 aliphatic rings. The van der Waals surface area contributed by atoms with Crippen LogP contribution in [0.2, 0.25) is 0 Å². The first-order valence-corrected chi connectivity index (χ1v) is 4.12. The Morgan fingerprint density at radius 1 is 1.47 bits per heavy atom. The first kappa shape index (κ1) is 9.08. The molecular formula is C8H7N7. The standard InChI is InChI=1S/C8H7N7/c1-5-2-6(3-9)13-8(12-5)15-4-11-7(10)14-15/h2,4H,1H3,(H2,10,14). The lowest BCUT2D eigenvalue weighted by Gasteiger charge is -1.99. The van der Waals surface area contributed by atoms with E-state index in [0.717, 1.165) is 0 Å². The van der Waals surface area contributed by atoms with Crippen LogP contribution < -0.4 is 5.73 Å². The van der Waals surface area contributed by atoms with Gasteiger partial charge in [0.05, 0.1) is 0 Å². The summed E-state index contributed by atoms with van der Waals surface area (Å²) in [5.41, 5.74) is 6.33. The van der Waals surface area contributed by atoms with Gasteiger partial charge in [0.15, 0.2) is 0 Å². The lowest BCUT2D eigenvalue weighted by molar-refractivity contribution is 0.799. The topological polar surface area (TPSA) is 106 Å². The van der Waals surface area contributed by atoms with Gasteiger partial charge in [-0.15, -0.1) is 5.10 Å². The highest BCUT2D eigenvalue weighted by Crippen LogP contribution is 2.03. The Labute approximate surface area is 85.2 Å². The molecule has 0 spiro atoms. The van der Waals surface area contributed by atoms with E-state index < -0.39 is 0 Å². The van der Waals surface area contributed by atoms with Crippen LogP contribution in [0, 0.1) is 18.3 Å². The van der Waals surface area contributed by atoms with E-state index in [1.807, 2.05) is 6.07 Å². The van der Waals surface area contributed by atoms with Crippen molar-refractivity contribution < 1.29 is 0 Å². The second-order valence-corrected chi connectivity index (χ2v) is 2.85. The summed E-state index contributed by atoms with van der Waals surface area (Å²) >= 11 is 0. The summed E-state index contributed by atoms with van der Waals surface area (Å²) in [5.74, 6) is 0.425. The molecule has 2 aromatic heterocycles. The molecule has 2 rings (SSSR count). The maximum atomic E-state index is 8.73. The Bertz CT molecular complexity index is 536. The molecule has 2 heterocycles. The Morgan fingerprint density at radius 3 is 2.87 bits per heavy atom. The minimum Gasteiger partial charge on any atom is -0.366 e. The molecule has 7 heteroatoms. The number of aryl methyl sites for hydroxylation is 1. The maximum Gasteiger partial charge on any atom is 0.253 e. The molecule has 2 N–H and O–H groups in total. The molecule has 0 aliphatic carbocycles. The summed E-state index contributed by atoms with van der Waals surface area (Å²) in [7, 11) is 0.